The van der Waals surface area contributed by atoms with Crippen molar-refractivity contribution in [1.82, 2.24) is 0 Å². The molecule has 0 rings (SSSR count). The van der Waals surface area contributed by atoms with E-state index in [-0.39, 0.29) is 18.6 Å². The Labute approximate surface area is 120 Å². The quantitative estimate of drug-likeness (QED) is 0.318. The zero-order valence-electron chi connectivity index (χ0n) is 12.8. The van der Waals surface area contributed by atoms with Crippen LogP contribution in [0.3, 0.4) is 0 Å². The number of hydrogen-bond acceptors (Lipinski definition) is 5. The van der Waals surface area contributed by atoms with Crippen molar-refractivity contribution >= 4 is 17.7 Å². The highest BCUT2D eigenvalue weighted by atomic mass is 16.5. The van der Waals surface area contributed by atoms with E-state index < -0.39 is 18.0 Å². The van der Waals surface area contributed by atoms with E-state index in [9.17, 15) is 19.5 Å². The Morgan fingerprint density at radius 1 is 1.20 bits per heavy atom. The maximum atomic E-state index is 11.6. The van der Waals surface area contributed by atoms with Gasteiger partial charge in [0.05, 0.1) is 21.1 Å². The first-order valence-electron chi connectivity index (χ1n) is 6.85. The van der Waals surface area contributed by atoms with E-state index in [4.69, 9.17) is 4.74 Å². The van der Waals surface area contributed by atoms with Crippen molar-refractivity contribution in [1.29, 1.82) is 0 Å². The molecule has 0 radical (unpaired) electrons. The molecule has 116 valence electrons. The number of quaternary nitrogens is 1. The molecule has 0 aliphatic heterocycles. The number of ether oxygens (including phenoxy) is 1. The summed E-state index contributed by atoms with van der Waals surface area (Å²) in [6.45, 7) is 2.31. The van der Waals surface area contributed by atoms with Crippen LogP contribution in [0.1, 0.15) is 39.0 Å². The molecule has 0 heterocycles. The second-order valence-corrected chi connectivity index (χ2v) is 5.98. The number of esters is 1. The lowest BCUT2D eigenvalue weighted by Gasteiger charge is -2.29. The Bertz CT molecular complexity index is 346. The van der Waals surface area contributed by atoms with Gasteiger partial charge in [-0.25, -0.2) is 0 Å². The van der Waals surface area contributed by atoms with Crippen LogP contribution in [0.5, 0.6) is 0 Å². The third-order valence-electron chi connectivity index (χ3n) is 2.59. The van der Waals surface area contributed by atoms with Gasteiger partial charge in [-0.3, -0.25) is 9.59 Å². The van der Waals surface area contributed by atoms with E-state index in [0.717, 1.165) is 12.8 Å². The molecule has 0 bridgehead atoms. The monoisotopic (exact) mass is 287 g/mol. The van der Waals surface area contributed by atoms with Crippen molar-refractivity contribution in [2.24, 2.45) is 0 Å². The maximum Gasteiger partial charge on any atom is 0.313 e. The lowest BCUT2D eigenvalue weighted by atomic mass is 10.1. The summed E-state index contributed by atoms with van der Waals surface area (Å²) in [5.74, 6) is -2.10. The summed E-state index contributed by atoms with van der Waals surface area (Å²) in [7, 11) is 5.59. The van der Waals surface area contributed by atoms with E-state index in [0.29, 0.717) is 17.4 Å². The van der Waals surface area contributed by atoms with Gasteiger partial charge in [0.2, 0.25) is 0 Å². The van der Waals surface area contributed by atoms with Crippen molar-refractivity contribution in [2.75, 3.05) is 27.7 Å². The molecule has 0 amide bonds. The standard InChI is InChI=1S/C14H25NO5/c1-5-6-7-11(16)8-14(19)20-12(9-13(17)18)10-15(2,3)4/h12H,5-10H2,1-4H3. The molecule has 20 heavy (non-hydrogen) atoms. The van der Waals surface area contributed by atoms with E-state index in [2.05, 4.69) is 0 Å². The molecule has 0 fully saturated rings. The van der Waals surface area contributed by atoms with Crippen molar-refractivity contribution in [3.05, 3.63) is 0 Å². The van der Waals surface area contributed by atoms with E-state index in [1.807, 2.05) is 28.1 Å². The van der Waals surface area contributed by atoms with Gasteiger partial charge in [-0.2, -0.15) is 0 Å². The number of aliphatic carboxylic acids is 1. The third kappa shape index (κ3) is 10.5. The molecule has 0 spiro atoms. The van der Waals surface area contributed by atoms with Gasteiger partial charge in [0.25, 0.3) is 0 Å². The number of likely N-dealkylation sites (N-methyl/N-ethyl adjacent to an activating group) is 1. The Balaban J connectivity index is 4.38. The summed E-state index contributed by atoms with van der Waals surface area (Å²) in [5, 5.41) is 10.7. The number of rotatable bonds is 10. The number of carboxylic acid groups (broad SMARTS) is 1. The predicted molar refractivity (Wildman–Crippen MR) is 71.6 cm³/mol. The fourth-order valence-corrected chi connectivity index (χ4v) is 1.79. The van der Waals surface area contributed by atoms with E-state index in [1.54, 1.807) is 0 Å². The van der Waals surface area contributed by atoms with Crippen LogP contribution >= 0.6 is 0 Å². The number of hydrogen-bond donors (Lipinski definition) is 0. The molecular formula is C14H25NO5. The maximum absolute atomic E-state index is 11.6. The number of carboxylic acids is 1. The smallest absolute Gasteiger partial charge is 0.313 e. The highest BCUT2D eigenvalue weighted by Gasteiger charge is 2.23. The van der Waals surface area contributed by atoms with Crippen LogP contribution in [0.4, 0.5) is 0 Å². The average molecular weight is 287 g/mol. The number of Topliss-reactive ketones (excluding diaryl/α,β-unsaturated/α-hetero) is 1. The molecule has 0 N–H and O–H groups in total. The summed E-state index contributed by atoms with van der Waals surface area (Å²) in [6, 6.07) is 0. The largest absolute Gasteiger partial charge is 0.550 e. The highest BCUT2D eigenvalue weighted by molar-refractivity contribution is 5.95. The van der Waals surface area contributed by atoms with Crippen LogP contribution in [0.25, 0.3) is 0 Å². The predicted octanol–water partition coefficient (Wildman–Crippen LogP) is -0.106. The van der Waals surface area contributed by atoms with E-state index >= 15 is 0 Å². The second kappa shape index (κ2) is 8.68. The number of unbranched alkanes of at least 4 members (excludes halogenated alkanes) is 1. The Hall–Kier alpha value is -1.43. The van der Waals surface area contributed by atoms with Crippen LogP contribution in [-0.4, -0.2) is 56.0 Å². The van der Waals surface area contributed by atoms with Crippen molar-refractivity contribution in [2.45, 2.75) is 45.1 Å². The number of carbonyl (C=O) groups is 3. The highest BCUT2D eigenvalue weighted by Crippen LogP contribution is 2.07. The number of ketones is 1. The van der Waals surface area contributed by atoms with Gasteiger partial charge in [0, 0.05) is 18.8 Å². The lowest BCUT2D eigenvalue weighted by molar-refractivity contribution is -0.873. The first-order valence-corrected chi connectivity index (χ1v) is 6.85. The summed E-state index contributed by atoms with van der Waals surface area (Å²) < 4.78 is 5.55. The van der Waals surface area contributed by atoms with Crippen LogP contribution in [0.15, 0.2) is 0 Å². The van der Waals surface area contributed by atoms with Crippen molar-refractivity contribution in [3.63, 3.8) is 0 Å². The van der Waals surface area contributed by atoms with E-state index in [1.165, 1.54) is 0 Å². The molecule has 0 aromatic carbocycles. The van der Waals surface area contributed by atoms with Gasteiger partial charge in [0.15, 0.2) is 6.10 Å². The zero-order valence-corrected chi connectivity index (χ0v) is 12.8. The normalized spacial score (nSPS) is 12.8. The molecular weight excluding hydrogens is 262 g/mol. The fraction of sp³-hybridized carbons (Fsp3) is 0.786. The molecule has 0 aromatic heterocycles. The molecule has 6 nitrogen and oxygen atoms in total. The zero-order chi connectivity index (χ0) is 15.8. The molecule has 0 aliphatic carbocycles. The van der Waals surface area contributed by atoms with Crippen LogP contribution < -0.4 is 5.11 Å². The van der Waals surface area contributed by atoms with Gasteiger partial charge in [-0.1, -0.05) is 13.3 Å². The third-order valence-corrected chi connectivity index (χ3v) is 2.59. The first-order chi connectivity index (χ1) is 9.14. The Morgan fingerprint density at radius 2 is 1.80 bits per heavy atom. The summed E-state index contributed by atoms with van der Waals surface area (Å²) >= 11 is 0. The SMILES string of the molecule is CCCCC(=O)CC(=O)OC(CC(=O)[O-])C[N+](C)(C)C. The van der Waals surface area contributed by atoms with Gasteiger partial charge < -0.3 is 19.1 Å². The summed E-state index contributed by atoms with van der Waals surface area (Å²) in [6.07, 6.45) is 0.562. The summed E-state index contributed by atoms with van der Waals surface area (Å²) in [5.41, 5.74) is 0. The minimum absolute atomic E-state index is 0.172. The average Bonchev–Trinajstić information content (AvgIpc) is 2.22. The first kappa shape index (κ1) is 18.6. The molecule has 0 aromatic rings. The minimum Gasteiger partial charge on any atom is -0.550 e. The second-order valence-electron chi connectivity index (χ2n) is 5.98. The van der Waals surface area contributed by atoms with Crippen molar-refractivity contribution in [3.8, 4) is 0 Å². The van der Waals surface area contributed by atoms with Crippen molar-refractivity contribution < 1.29 is 28.7 Å². The molecule has 1 atom stereocenters. The molecule has 1 unspecified atom stereocenters. The Kier molecular flexibility index (Phi) is 8.06. The molecule has 6 heteroatoms. The Morgan fingerprint density at radius 3 is 2.25 bits per heavy atom. The van der Waals surface area contributed by atoms with Crippen LogP contribution in [0, 0.1) is 0 Å². The molecule has 0 saturated carbocycles. The van der Waals surface area contributed by atoms with Gasteiger partial charge >= 0.3 is 5.97 Å². The fourth-order valence-electron chi connectivity index (χ4n) is 1.79. The number of nitrogens with zero attached hydrogens (tertiary/aromatic N) is 1. The van der Waals surface area contributed by atoms with Crippen LogP contribution in [0.2, 0.25) is 0 Å². The summed E-state index contributed by atoms with van der Waals surface area (Å²) in [4.78, 5) is 33.8. The van der Waals surface area contributed by atoms with Gasteiger partial charge in [0.1, 0.15) is 18.7 Å². The van der Waals surface area contributed by atoms with Gasteiger partial charge in [-0.15, -0.1) is 0 Å². The minimum atomic E-state index is -1.27. The topological polar surface area (TPSA) is 83.5 Å². The van der Waals surface area contributed by atoms with Crippen LogP contribution in [-0.2, 0) is 19.1 Å². The lowest BCUT2D eigenvalue weighted by Crippen LogP contribution is -2.45. The molecule has 0 aliphatic rings. The van der Waals surface area contributed by atoms with Gasteiger partial charge in [-0.05, 0) is 6.42 Å². The number of carbonyl (C=O) groups excluding carboxylic acids is 3. The molecule has 0 saturated heterocycles.